The molecule has 1 aromatic rings. The minimum absolute atomic E-state index is 0.114. The molecule has 1 fully saturated rings. The van der Waals surface area contributed by atoms with Crippen molar-refractivity contribution in [1.29, 1.82) is 0 Å². The molecule has 0 unspecified atom stereocenters. The molecule has 2 rings (SSSR count). The van der Waals surface area contributed by atoms with Gasteiger partial charge in [-0.15, -0.1) is 0 Å². The Kier molecular flexibility index (Phi) is 6.08. The van der Waals surface area contributed by atoms with Crippen LogP contribution in [0.4, 0.5) is 0 Å². The number of halogens is 2. The van der Waals surface area contributed by atoms with E-state index in [1.165, 1.54) is 7.11 Å². The van der Waals surface area contributed by atoms with Crippen LogP contribution in [0.1, 0.15) is 19.3 Å². The highest BCUT2D eigenvalue weighted by atomic mass is 35.5. The van der Waals surface area contributed by atoms with Gasteiger partial charge < -0.3 is 9.47 Å². The van der Waals surface area contributed by atoms with Crippen LogP contribution < -0.4 is 4.74 Å². The second-order valence-electron chi connectivity index (χ2n) is 5.23. The summed E-state index contributed by atoms with van der Waals surface area (Å²) in [6.45, 7) is 0.584. The van der Waals surface area contributed by atoms with Crippen molar-refractivity contribution in [1.82, 2.24) is 0 Å². The van der Waals surface area contributed by atoms with Crippen LogP contribution in [0, 0.1) is 5.41 Å². The lowest BCUT2D eigenvalue weighted by molar-refractivity contribution is -0.141. The third-order valence-corrected chi connectivity index (χ3v) is 5.29. The van der Waals surface area contributed by atoms with Crippen molar-refractivity contribution in [3.05, 3.63) is 28.2 Å². The molecule has 0 N–H and O–H groups in total. The van der Waals surface area contributed by atoms with E-state index in [-0.39, 0.29) is 11.4 Å². The fourth-order valence-electron chi connectivity index (χ4n) is 2.02. The Morgan fingerprint density at radius 1 is 1.38 bits per heavy atom. The molecule has 0 amide bonds. The maximum absolute atomic E-state index is 11.3. The highest BCUT2D eigenvalue weighted by Gasteiger charge is 2.44. The van der Waals surface area contributed by atoms with Gasteiger partial charge in [0.15, 0.2) is 0 Å². The molecule has 0 bridgehead atoms. The predicted molar refractivity (Wildman–Crippen MR) is 87.6 cm³/mol. The third-order valence-electron chi connectivity index (χ3n) is 3.49. The second kappa shape index (κ2) is 7.61. The van der Waals surface area contributed by atoms with Crippen molar-refractivity contribution in [3.8, 4) is 5.75 Å². The van der Waals surface area contributed by atoms with Gasteiger partial charge in [-0.25, -0.2) is 0 Å². The normalized spacial score (nSPS) is 15.6. The van der Waals surface area contributed by atoms with Crippen molar-refractivity contribution >= 4 is 40.9 Å². The molecule has 3 nitrogen and oxygen atoms in total. The predicted octanol–water partition coefficient (Wildman–Crippen LogP) is 4.45. The highest BCUT2D eigenvalue weighted by molar-refractivity contribution is 7.99. The minimum Gasteiger partial charge on any atom is -0.491 e. The fraction of sp³-hybridized carbons (Fsp3) is 0.533. The van der Waals surface area contributed by atoms with Gasteiger partial charge in [-0.2, -0.15) is 11.8 Å². The number of carbonyl (C=O) groups excluding carboxylic acids is 1. The van der Waals surface area contributed by atoms with E-state index in [0.29, 0.717) is 28.8 Å². The summed E-state index contributed by atoms with van der Waals surface area (Å²) in [6, 6.07) is 5.20. The van der Waals surface area contributed by atoms with Crippen LogP contribution in [0.25, 0.3) is 0 Å². The van der Waals surface area contributed by atoms with E-state index < -0.39 is 0 Å². The van der Waals surface area contributed by atoms with Gasteiger partial charge in [0, 0.05) is 10.8 Å². The van der Waals surface area contributed by atoms with E-state index in [2.05, 4.69) is 0 Å². The molecule has 0 radical (unpaired) electrons. The van der Waals surface area contributed by atoms with Gasteiger partial charge in [0.25, 0.3) is 0 Å². The van der Waals surface area contributed by atoms with Gasteiger partial charge >= 0.3 is 5.97 Å². The second-order valence-corrected chi connectivity index (χ2v) is 7.18. The molecule has 1 saturated carbocycles. The number of ether oxygens (including phenoxy) is 2. The summed E-state index contributed by atoms with van der Waals surface area (Å²) in [5.74, 6) is 2.37. The number of esters is 1. The van der Waals surface area contributed by atoms with Crippen molar-refractivity contribution in [3.63, 3.8) is 0 Å². The summed E-state index contributed by atoms with van der Waals surface area (Å²) in [5, 5.41) is 1.12. The van der Waals surface area contributed by atoms with Crippen LogP contribution in [0.3, 0.4) is 0 Å². The molecular formula is C15H18Cl2O3S. The van der Waals surface area contributed by atoms with Crippen LogP contribution in [0.15, 0.2) is 18.2 Å². The zero-order valence-corrected chi connectivity index (χ0v) is 14.2. The topological polar surface area (TPSA) is 35.5 Å². The fourth-order valence-corrected chi connectivity index (χ4v) is 3.65. The lowest BCUT2D eigenvalue weighted by Gasteiger charge is -2.13. The van der Waals surface area contributed by atoms with E-state index in [4.69, 9.17) is 32.7 Å². The smallest absolute Gasteiger partial charge is 0.306 e. The molecule has 0 atom stereocenters. The molecule has 0 saturated heterocycles. The third kappa shape index (κ3) is 5.28. The van der Waals surface area contributed by atoms with E-state index in [1.54, 1.807) is 30.0 Å². The molecule has 21 heavy (non-hydrogen) atoms. The summed E-state index contributed by atoms with van der Waals surface area (Å²) in [4.78, 5) is 11.3. The van der Waals surface area contributed by atoms with Gasteiger partial charge in [0.1, 0.15) is 5.75 Å². The first-order valence-electron chi connectivity index (χ1n) is 6.77. The Morgan fingerprint density at radius 3 is 2.76 bits per heavy atom. The quantitative estimate of drug-likeness (QED) is 0.513. The van der Waals surface area contributed by atoms with Crippen LogP contribution in [0.2, 0.25) is 10.0 Å². The number of rotatable bonds is 8. The van der Waals surface area contributed by atoms with E-state index >= 15 is 0 Å². The van der Waals surface area contributed by atoms with Gasteiger partial charge in [0.05, 0.1) is 25.2 Å². The first kappa shape index (κ1) is 16.8. The van der Waals surface area contributed by atoms with Crippen LogP contribution >= 0.6 is 35.0 Å². The first-order chi connectivity index (χ1) is 10.0. The van der Waals surface area contributed by atoms with Gasteiger partial charge in [-0.1, -0.05) is 23.2 Å². The number of hydrogen-bond donors (Lipinski definition) is 0. The summed E-state index contributed by atoms with van der Waals surface area (Å²) < 4.78 is 10.4. The molecule has 0 aliphatic heterocycles. The SMILES string of the molecule is COC(=O)CC1(CSCCOc2ccc(Cl)cc2Cl)CC1. The zero-order chi connectivity index (χ0) is 15.3. The summed E-state index contributed by atoms with van der Waals surface area (Å²) in [7, 11) is 1.44. The Morgan fingerprint density at radius 2 is 2.14 bits per heavy atom. The summed E-state index contributed by atoms with van der Waals surface area (Å²) in [6.07, 6.45) is 2.75. The summed E-state index contributed by atoms with van der Waals surface area (Å²) >= 11 is 13.7. The maximum Gasteiger partial charge on any atom is 0.306 e. The molecular weight excluding hydrogens is 331 g/mol. The minimum atomic E-state index is -0.114. The van der Waals surface area contributed by atoms with Crippen LogP contribution in [-0.2, 0) is 9.53 Å². The average Bonchev–Trinajstić information content (AvgIpc) is 3.20. The average molecular weight is 349 g/mol. The van der Waals surface area contributed by atoms with Crippen molar-refractivity contribution < 1.29 is 14.3 Å². The zero-order valence-electron chi connectivity index (χ0n) is 11.9. The van der Waals surface area contributed by atoms with Gasteiger partial charge in [-0.3, -0.25) is 4.79 Å². The van der Waals surface area contributed by atoms with Crippen LogP contribution in [-0.4, -0.2) is 31.2 Å². The van der Waals surface area contributed by atoms with Crippen LogP contribution in [0.5, 0.6) is 5.75 Å². The number of benzene rings is 1. The molecule has 116 valence electrons. The van der Waals surface area contributed by atoms with E-state index in [1.807, 2.05) is 0 Å². The number of thioether (sulfide) groups is 1. The Balaban J connectivity index is 1.65. The van der Waals surface area contributed by atoms with E-state index in [9.17, 15) is 4.79 Å². The largest absolute Gasteiger partial charge is 0.491 e. The Labute approximate surface area is 139 Å². The number of hydrogen-bond acceptors (Lipinski definition) is 4. The lowest BCUT2D eigenvalue weighted by Crippen LogP contribution is -2.14. The molecule has 1 aromatic carbocycles. The first-order valence-corrected chi connectivity index (χ1v) is 8.68. The molecule has 1 aliphatic carbocycles. The Bertz CT molecular complexity index is 504. The van der Waals surface area contributed by atoms with Gasteiger partial charge in [0.2, 0.25) is 0 Å². The van der Waals surface area contributed by atoms with Crippen molar-refractivity contribution in [2.45, 2.75) is 19.3 Å². The number of carbonyl (C=O) groups is 1. The van der Waals surface area contributed by atoms with Crippen molar-refractivity contribution in [2.75, 3.05) is 25.2 Å². The summed E-state index contributed by atoms with van der Waals surface area (Å²) in [5.41, 5.74) is 0.162. The molecule has 1 aliphatic rings. The van der Waals surface area contributed by atoms with E-state index in [0.717, 1.165) is 24.3 Å². The van der Waals surface area contributed by atoms with Gasteiger partial charge in [-0.05, 0) is 42.2 Å². The monoisotopic (exact) mass is 348 g/mol. The number of methoxy groups -OCH3 is 1. The molecule has 0 heterocycles. The lowest BCUT2D eigenvalue weighted by atomic mass is 10.1. The molecule has 0 aromatic heterocycles. The standard InChI is InChI=1S/C15H18Cl2O3S/c1-19-14(18)9-15(4-5-15)10-21-7-6-20-13-3-2-11(16)8-12(13)17/h2-3,8H,4-7,9-10H2,1H3. The molecule has 6 heteroatoms. The maximum atomic E-state index is 11.3. The molecule has 0 spiro atoms. The highest BCUT2D eigenvalue weighted by Crippen LogP contribution is 2.51. The van der Waals surface area contributed by atoms with Crippen molar-refractivity contribution in [2.24, 2.45) is 5.41 Å². The Hall–Kier alpha value is -0.580.